The second kappa shape index (κ2) is 7.98. The molecule has 0 aliphatic rings. The van der Waals surface area contributed by atoms with Crippen molar-refractivity contribution in [3.8, 4) is 16.9 Å². The smallest absolute Gasteiger partial charge is 0.322 e. The molecule has 0 saturated carbocycles. The first-order valence-corrected chi connectivity index (χ1v) is 8.92. The number of hydrogen-bond donors (Lipinski definition) is 1. The minimum Gasteiger partial charge on any atom is -0.322 e. The zero-order chi connectivity index (χ0) is 22.0. The summed E-state index contributed by atoms with van der Waals surface area (Å²) in [7, 11) is 0. The van der Waals surface area contributed by atoms with Crippen LogP contribution >= 0.6 is 0 Å². The second-order valence-electron chi connectivity index (χ2n) is 6.42. The molecule has 3 aromatic heterocycles. The number of amides is 1. The summed E-state index contributed by atoms with van der Waals surface area (Å²) < 4.78 is 55.2. The van der Waals surface area contributed by atoms with Crippen molar-refractivity contribution in [3.05, 3.63) is 90.4 Å². The van der Waals surface area contributed by atoms with Gasteiger partial charge in [0.25, 0.3) is 5.91 Å². The van der Waals surface area contributed by atoms with Crippen LogP contribution < -0.4 is 5.32 Å². The molecule has 1 aromatic carbocycles. The van der Waals surface area contributed by atoms with Crippen LogP contribution in [0.25, 0.3) is 16.9 Å². The molecule has 0 bridgehead atoms. The molecular weight excluding hydrogens is 414 g/mol. The molecule has 4 rings (SSSR count). The maximum atomic E-state index is 13.7. The molecule has 0 aliphatic carbocycles. The molecule has 0 radical (unpaired) electrons. The highest BCUT2D eigenvalue weighted by molar-refractivity contribution is 6.04. The van der Waals surface area contributed by atoms with E-state index in [2.05, 4.69) is 20.4 Å². The lowest BCUT2D eigenvalue weighted by Gasteiger charge is -2.11. The van der Waals surface area contributed by atoms with Crippen molar-refractivity contribution in [1.82, 2.24) is 19.7 Å². The number of nitrogens with zero attached hydrogens (tertiary/aromatic N) is 4. The average Bonchev–Trinajstić information content (AvgIpc) is 3.21. The molecule has 1 N–H and O–H groups in total. The number of halogens is 4. The number of aromatic nitrogens is 4. The zero-order valence-electron chi connectivity index (χ0n) is 15.6. The van der Waals surface area contributed by atoms with E-state index in [1.54, 1.807) is 12.1 Å². The van der Waals surface area contributed by atoms with Crippen molar-refractivity contribution in [2.24, 2.45) is 0 Å². The third-order valence-corrected chi connectivity index (χ3v) is 4.36. The Morgan fingerprint density at radius 3 is 2.26 bits per heavy atom. The first kappa shape index (κ1) is 20.2. The van der Waals surface area contributed by atoms with Gasteiger partial charge < -0.3 is 5.32 Å². The normalized spacial score (nSPS) is 11.4. The Labute approximate surface area is 173 Å². The molecule has 31 heavy (non-hydrogen) atoms. The highest BCUT2D eigenvalue weighted by Gasteiger charge is 2.36. The highest BCUT2D eigenvalue weighted by Crippen LogP contribution is 2.34. The molecule has 0 fully saturated rings. The van der Waals surface area contributed by atoms with Crippen LogP contribution in [0.3, 0.4) is 0 Å². The van der Waals surface area contributed by atoms with Crippen molar-refractivity contribution >= 4 is 11.6 Å². The summed E-state index contributed by atoms with van der Waals surface area (Å²) in [5.74, 6) is -1.49. The number of rotatable bonds is 4. The van der Waals surface area contributed by atoms with Crippen LogP contribution in [0.1, 0.15) is 16.1 Å². The van der Waals surface area contributed by atoms with Gasteiger partial charge in [0.1, 0.15) is 5.69 Å². The van der Waals surface area contributed by atoms with Crippen LogP contribution in [-0.2, 0) is 6.18 Å². The van der Waals surface area contributed by atoms with Crippen molar-refractivity contribution in [1.29, 1.82) is 0 Å². The lowest BCUT2D eigenvalue weighted by atomic mass is 10.2. The monoisotopic (exact) mass is 427 g/mol. The van der Waals surface area contributed by atoms with Crippen LogP contribution in [0, 0.1) is 5.82 Å². The molecule has 6 nitrogen and oxygen atoms in total. The van der Waals surface area contributed by atoms with E-state index in [1.807, 2.05) is 0 Å². The predicted molar refractivity (Wildman–Crippen MR) is 104 cm³/mol. The van der Waals surface area contributed by atoms with E-state index in [0.717, 1.165) is 16.9 Å². The number of alkyl halides is 3. The predicted octanol–water partition coefficient (Wildman–Crippen LogP) is 4.74. The lowest BCUT2D eigenvalue weighted by molar-refractivity contribution is -0.142. The van der Waals surface area contributed by atoms with Gasteiger partial charge in [0, 0.05) is 29.8 Å². The average molecular weight is 427 g/mol. The van der Waals surface area contributed by atoms with Crippen molar-refractivity contribution < 1.29 is 22.4 Å². The second-order valence-corrected chi connectivity index (χ2v) is 6.42. The van der Waals surface area contributed by atoms with Gasteiger partial charge in [-0.2, -0.15) is 18.3 Å². The number of benzene rings is 1. The Balaban J connectivity index is 1.64. The van der Waals surface area contributed by atoms with Gasteiger partial charge in [-0.3, -0.25) is 14.8 Å². The van der Waals surface area contributed by atoms with Crippen molar-refractivity contribution in [2.75, 3.05) is 5.32 Å². The molecule has 0 spiro atoms. The van der Waals surface area contributed by atoms with Gasteiger partial charge in [0.2, 0.25) is 0 Å². The fourth-order valence-electron chi connectivity index (χ4n) is 2.89. The van der Waals surface area contributed by atoms with E-state index in [9.17, 15) is 22.4 Å². The minimum atomic E-state index is -4.63. The number of anilines is 1. The summed E-state index contributed by atoms with van der Waals surface area (Å²) >= 11 is 0. The molecule has 0 atom stereocenters. The third-order valence-electron chi connectivity index (χ3n) is 4.36. The molecule has 0 aliphatic heterocycles. The number of pyridine rings is 2. The summed E-state index contributed by atoms with van der Waals surface area (Å²) in [6, 6.07) is 10.8. The molecule has 0 unspecified atom stereocenters. The summed E-state index contributed by atoms with van der Waals surface area (Å²) in [5, 5.41) is 6.58. The number of hydrogen-bond acceptors (Lipinski definition) is 4. The summed E-state index contributed by atoms with van der Waals surface area (Å²) in [6.07, 6.45) is 0.478. The number of nitrogens with one attached hydrogen (secondary N) is 1. The minimum absolute atomic E-state index is 0.139. The fraction of sp³-hybridized carbons (Fsp3) is 0.0476. The first-order valence-electron chi connectivity index (χ1n) is 8.92. The largest absolute Gasteiger partial charge is 0.433 e. The quantitative estimate of drug-likeness (QED) is 0.478. The van der Waals surface area contributed by atoms with Gasteiger partial charge in [-0.1, -0.05) is 0 Å². The van der Waals surface area contributed by atoms with Crippen molar-refractivity contribution in [3.63, 3.8) is 0 Å². The van der Waals surface area contributed by atoms with Crippen LogP contribution in [0.15, 0.2) is 73.3 Å². The van der Waals surface area contributed by atoms with Gasteiger partial charge in [-0.15, -0.1) is 0 Å². The Bertz CT molecular complexity index is 1220. The van der Waals surface area contributed by atoms with E-state index >= 15 is 0 Å². The first-order chi connectivity index (χ1) is 14.8. The van der Waals surface area contributed by atoms with Gasteiger partial charge in [-0.05, 0) is 48.5 Å². The molecule has 0 saturated heterocycles. The van der Waals surface area contributed by atoms with Crippen LogP contribution in [0.2, 0.25) is 0 Å². The van der Waals surface area contributed by atoms with E-state index < -0.39 is 23.6 Å². The van der Waals surface area contributed by atoms with Crippen molar-refractivity contribution in [2.45, 2.75) is 6.18 Å². The van der Waals surface area contributed by atoms with E-state index in [1.165, 1.54) is 48.9 Å². The van der Waals surface area contributed by atoms with Crippen LogP contribution in [0.4, 0.5) is 23.2 Å². The topological polar surface area (TPSA) is 72.7 Å². The molecule has 1 amide bonds. The van der Waals surface area contributed by atoms with E-state index in [4.69, 9.17) is 0 Å². The molecule has 4 aromatic rings. The van der Waals surface area contributed by atoms with E-state index in [-0.39, 0.29) is 22.6 Å². The number of carbonyl (C=O) groups excluding carboxylic acids is 1. The maximum absolute atomic E-state index is 13.7. The maximum Gasteiger partial charge on any atom is 0.433 e. The third kappa shape index (κ3) is 4.27. The number of carbonyl (C=O) groups is 1. The van der Waals surface area contributed by atoms with Crippen LogP contribution in [0.5, 0.6) is 0 Å². The van der Waals surface area contributed by atoms with E-state index in [0.29, 0.717) is 5.56 Å². The Morgan fingerprint density at radius 2 is 1.61 bits per heavy atom. The SMILES string of the molecule is O=C(Nc1ccc(-n2nc(-c3ccncc3)cc2C(F)(F)F)cc1)c1ccncc1F. The summed E-state index contributed by atoms with van der Waals surface area (Å²) in [5.41, 5.74) is -0.106. The Kier molecular flexibility index (Phi) is 5.20. The molecular formula is C21H13F4N5O. The molecule has 156 valence electrons. The van der Waals surface area contributed by atoms with Gasteiger partial charge in [0.15, 0.2) is 5.82 Å². The molecule has 3 heterocycles. The standard InChI is InChI=1S/C21H13F4N5O/c22-17-12-27-10-7-16(17)20(31)28-14-1-3-15(4-2-14)30-19(21(23,24)25)11-18(29-30)13-5-8-26-9-6-13/h1-12H,(H,28,31). The summed E-state index contributed by atoms with van der Waals surface area (Å²) in [6.45, 7) is 0. The molecule has 10 heteroatoms. The van der Waals surface area contributed by atoms with Gasteiger partial charge in [-0.25, -0.2) is 9.07 Å². The lowest BCUT2D eigenvalue weighted by Crippen LogP contribution is -2.15. The fourth-order valence-corrected chi connectivity index (χ4v) is 2.89. The Morgan fingerprint density at radius 1 is 0.935 bits per heavy atom. The highest BCUT2D eigenvalue weighted by atomic mass is 19.4. The van der Waals surface area contributed by atoms with Gasteiger partial charge in [0.05, 0.1) is 23.1 Å². The zero-order valence-corrected chi connectivity index (χ0v) is 15.6. The van der Waals surface area contributed by atoms with Gasteiger partial charge >= 0.3 is 6.18 Å². The Hall–Kier alpha value is -4.08. The summed E-state index contributed by atoms with van der Waals surface area (Å²) in [4.78, 5) is 19.6. The van der Waals surface area contributed by atoms with Crippen LogP contribution in [-0.4, -0.2) is 25.7 Å².